The number of carbonyl (C=O) groups excluding carboxylic acids is 3. The molecule has 0 aliphatic carbocycles. The summed E-state index contributed by atoms with van der Waals surface area (Å²) in [5, 5.41) is 55.9. The molecule has 1 radical (unpaired) electrons. The van der Waals surface area contributed by atoms with Crippen molar-refractivity contribution in [2.45, 2.75) is 154 Å². The van der Waals surface area contributed by atoms with Gasteiger partial charge in [-0.3, -0.25) is 14.4 Å². The van der Waals surface area contributed by atoms with Crippen LogP contribution in [0.5, 0.6) is 46.0 Å². The molecule has 142 heavy (non-hydrogen) atoms. The first kappa shape index (κ1) is 111. The smallest absolute Gasteiger partial charge is 0.527 e. The van der Waals surface area contributed by atoms with Gasteiger partial charge in [0.05, 0.1) is 147 Å². The third-order valence-electron chi connectivity index (χ3n) is 24.6. The quantitative estimate of drug-likeness (QED) is 0.0315. The minimum absolute atomic E-state index is 0. The van der Waals surface area contributed by atoms with Gasteiger partial charge in [-0.2, -0.15) is 15.8 Å². The van der Waals surface area contributed by atoms with Crippen molar-refractivity contribution >= 4 is 105 Å². The van der Waals surface area contributed by atoms with Gasteiger partial charge >= 0.3 is 7.69 Å². The summed E-state index contributed by atoms with van der Waals surface area (Å²) in [6.07, 6.45) is 14.1. The Hall–Kier alpha value is -13.1. The molecule has 0 spiro atoms. The van der Waals surface area contributed by atoms with Gasteiger partial charge in [0.15, 0.2) is 90.9 Å². The van der Waals surface area contributed by atoms with E-state index in [0.717, 1.165) is 32.1 Å². The van der Waals surface area contributed by atoms with Crippen molar-refractivity contribution in [3.63, 3.8) is 0 Å². The molecule has 3 amide bonds. The van der Waals surface area contributed by atoms with Gasteiger partial charge in [-0.25, -0.2) is 44.9 Å². The van der Waals surface area contributed by atoms with E-state index >= 15 is 0 Å². The third kappa shape index (κ3) is 27.0. The standard InChI is InChI=1S/C35H43N5O7Si.C29H29N5O7.C24H32ClN3O5Si.C11H16BN2O4.ClH/c1-35(2,3)48(7,8)45-16-13-40(4)34(41)22-17-28(42-5)32(38-20-22)29-18-25-33(47-29)31(30(43-6)21-37-25)24-9-10-27(26(19-36)39-24)46-23-11-14-44-15-12-23;1-34(8-9-35)29(36)17-12-23(37-2)27(32-15-17)24-13-20-28(41-24)26(25(38-3)16-31-20)19-4-5-22(21(14-30)33-19)40-18-6-10-39-11-7-18;1-24(2,3)34(7,8)32-10-9-28(4)23(29)15-11-17(30-5)21(27-13-15)18-12-16-22(33-18)20(25)19(31-6)14-26-16;1-2-8(5-6-15)17-10-3-4-11(18-12-16)14-9(10)7-13;/h9-10,17-18,20-21,23H,11-16H2,1-8H3;4-5,12-13,15-16,18,35H,6-11H2,1-3H3;11-14H,9-10H2,1-8H3;8,15-16H,2-6H2,1H3;1H. The highest BCUT2D eigenvalue weighted by molar-refractivity contribution is 6.74. The zero-order chi connectivity index (χ0) is 102. The van der Waals surface area contributed by atoms with E-state index in [1.54, 1.807) is 104 Å². The van der Waals surface area contributed by atoms with Crippen LogP contribution < -0.4 is 37.9 Å². The van der Waals surface area contributed by atoms with Crippen LogP contribution in [0.25, 0.3) is 90.2 Å². The molecule has 0 bridgehead atoms. The van der Waals surface area contributed by atoms with Gasteiger partial charge in [-0.15, -0.1) is 12.4 Å². The Morgan fingerprint density at radius 1 is 0.514 bits per heavy atom. The van der Waals surface area contributed by atoms with Gasteiger partial charge in [-0.1, -0.05) is 60.1 Å². The van der Waals surface area contributed by atoms with E-state index in [9.17, 15) is 24.9 Å². The largest absolute Gasteiger partial charge is 0.570 e. The molecule has 3 aliphatic rings. The highest BCUT2D eigenvalue weighted by Crippen LogP contribution is 2.46. The van der Waals surface area contributed by atoms with Crippen molar-refractivity contribution in [1.82, 2.24) is 54.6 Å². The lowest BCUT2D eigenvalue weighted by atomic mass is 10.1. The summed E-state index contributed by atoms with van der Waals surface area (Å²) >= 11 is 6.34. The van der Waals surface area contributed by atoms with Crippen molar-refractivity contribution in [3.8, 4) is 121 Å². The number of likely N-dealkylation sites (N-methyl/N-ethyl adjacent to an activating group) is 3. The minimum Gasteiger partial charge on any atom is -0.527 e. The van der Waals surface area contributed by atoms with E-state index in [1.807, 2.05) is 13.0 Å². The molecule has 11 aromatic heterocycles. The average Bonchev–Trinajstić information content (AvgIpc) is 1.60. The van der Waals surface area contributed by atoms with E-state index in [1.165, 1.54) is 72.3 Å². The molecule has 43 heteroatoms. The van der Waals surface area contributed by atoms with Crippen LogP contribution in [-0.2, 0) is 27.7 Å². The highest BCUT2D eigenvalue weighted by atomic mass is 35.5. The molecule has 38 nitrogen and oxygen atoms in total. The average molecular weight is 2030 g/mol. The maximum absolute atomic E-state index is 13.3. The fraction of sp³-hybridized carbons (Fsp3) is 0.444. The molecule has 3 N–H and O–H groups in total. The van der Waals surface area contributed by atoms with Crippen LogP contribution in [0.15, 0.2) is 128 Å². The Kier molecular flexibility index (Phi) is 39.5. The van der Waals surface area contributed by atoms with Crippen LogP contribution >= 0.6 is 24.0 Å². The van der Waals surface area contributed by atoms with E-state index in [-0.39, 0.29) is 101 Å². The Balaban J connectivity index is 0.000000203. The molecule has 1 unspecified atom stereocenters. The fourth-order valence-electron chi connectivity index (χ4n) is 14.4. The van der Waals surface area contributed by atoms with Crippen LogP contribution in [-0.4, -0.2) is 272 Å². The van der Waals surface area contributed by atoms with Gasteiger partial charge in [0, 0.05) is 129 Å². The van der Waals surface area contributed by atoms with Crippen molar-refractivity contribution in [1.29, 1.82) is 15.8 Å². The Morgan fingerprint density at radius 3 is 1.25 bits per heavy atom. The summed E-state index contributed by atoms with van der Waals surface area (Å²) in [5.74, 6) is 4.40. The number of amides is 3. The predicted molar refractivity (Wildman–Crippen MR) is 538 cm³/mol. The summed E-state index contributed by atoms with van der Waals surface area (Å²) < 4.78 is 97.5. The first-order valence-corrected chi connectivity index (χ1v) is 51.9. The van der Waals surface area contributed by atoms with Crippen LogP contribution in [0.4, 0.5) is 0 Å². The minimum atomic E-state index is -1.93. The number of methoxy groups -OCH3 is 6. The third-order valence-corrected chi connectivity index (χ3v) is 34.0. The fourth-order valence-corrected chi connectivity index (χ4v) is 16.7. The molecule has 3 aliphatic heterocycles. The number of halogens is 2. The van der Waals surface area contributed by atoms with Crippen molar-refractivity contribution in [2.75, 3.05) is 136 Å². The zero-order valence-corrected chi connectivity index (χ0v) is 87.1. The number of hydrogen-bond donors (Lipinski definition) is 3. The summed E-state index contributed by atoms with van der Waals surface area (Å²) in [7, 11) is 10.9. The van der Waals surface area contributed by atoms with E-state index < -0.39 is 16.6 Å². The number of carbonyl (C=O) groups is 3. The maximum atomic E-state index is 13.3. The number of ether oxygens (including phenoxy) is 11. The second-order valence-electron chi connectivity index (χ2n) is 35.9. The second kappa shape index (κ2) is 50.5. The molecule has 0 saturated carbocycles. The highest BCUT2D eigenvalue weighted by Gasteiger charge is 2.39. The topological polar surface area (TPSA) is 477 Å². The van der Waals surface area contributed by atoms with Crippen LogP contribution in [0.3, 0.4) is 0 Å². The van der Waals surface area contributed by atoms with Gasteiger partial charge in [0.1, 0.15) is 110 Å². The lowest BCUT2D eigenvalue weighted by Crippen LogP contribution is -2.43. The number of furan rings is 3. The van der Waals surface area contributed by atoms with Gasteiger partial charge < -0.3 is 109 Å². The lowest BCUT2D eigenvalue weighted by molar-refractivity contribution is 0.0251. The first-order chi connectivity index (χ1) is 67.5. The molecule has 755 valence electrons. The molecule has 0 aromatic carbocycles. The van der Waals surface area contributed by atoms with Crippen molar-refractivity contribution in [2.24, 2.45) is 4.99 Å². The second-order valence-corrected chi connectivity index (χ2v) is 45.9. The van der Waals surface area contributed by atoms with Crippen molar-refractivity contribution in [3.05, 3.63) is 142 Å². The van der Waals surface area contributed by atoms with Gasteiger partial charge in [0.2, 0.25) is 0 Å². The molecule has 1 atom stereocenters. The molecule has 14 rings (SSSR count). The SMILES string of the molecule is CCC(CCO)OC1=C(C#N)N=C(O[B]O)CC1.COc1cc(C(=O)N(C)CCO)cnc1-c1cc2ncc(OC)c(-c3ccc(OC4CCOCC4)c(C#N)n3)c2o1.COc1cc(C(=O)N(C)CCO[Si](C)(C)C(C)(C)C)cnc1-c1cc2ncc(OC)c(-c3ccc(OC4CCOCC4)c(C#N)n3)c2o1.COc1cc(C(=O)N(C)CCO[Si](C)(C)C(C)(C)C)cnc1-c1cc2ncc(OC)c(Cl)c2o1.Cl. The molecular weight excluding hydrogens is 1910 g/mol. The van der Waals surface area contributed by atoms with E-state index in [0.29, 0.717) is 243 Å². The number of aliphatic imine (C=N–C) groups is 1. The first-order valence-electron chi connectivity index (χ1n) is 45.7. The number of nitrogens with zero attached hydrogens (tertiary/aromatic N) is 15. The monoisotopic (exact) mass is 2020 g/mol. The van der Waals surface area contributed by atoms with Gasteiger partial charge in [0.25, 0.3) is 17.7 Å². The number of nitriles is 3. The number of fused-ring (bicyclic) bond motifs is 3. The predicted octanol–water partition coefficient (Wildman–Crippen LogP) is 16.7. The number of hydrogen-bond acceptors (Lipinski definition) is 35. The molecule has 11 aromatic rings. The van der Waals surface area contributed by atoms with E-state index in [4.69, 9.17) is 111 Å². The summed E-state index contributed by atoms with van der Waals surface area (Å²) in [4.78, 5) is 83.5. The summed E-state index contributed by atoms with van der Waals surface area (Å²) in [6, 6.07) is 23.2. The van der Waals surface area contributed by atoms with Crippen molar-refractivity contribution < 1.29 is 108 Å². The molecule has 2 fully saturated rings. The van der Waals surface area contributed by atoms with E-state index in [2.05, 4.69) is 125 Å². The number of aliphatic hydroxyl groups excluding tert-OH is 2. The van der Waals surface area contributed by atoms with Crippen LogP contribution in [0.1, 0.15) is 142 Å². The van der Waals surface area contributed by atoms with Crippen LogP contribution in [0, 0.1) is 34.0 Å². The summed E-state index contributed by atoms with van der Waals surface area (Å²) in [5.41, 5.74) is 7.41. The number of pyridine rings is 8. The number of aliphatic hydroxyl groups is 2. The lowest BCUT2D eigenvalue weighted by Gasteiger charge is -2.36. The Morgan fingerprint density at radius 2 is 0.894 bits per heavy atom. The Labute approximate surface area is 838 Å². The number of allylic oxidation sites excluding steroid dienone is 2. The van der Waals surface area contributed by atoms with Crippen LogP contribution in [0.2, 0.25) is 41.3 Å². The summed E-state index contributed by atoms with van der Waals surface area (Å²) in [6.45, 7) is 28.3. The molecule has 2 saturated heterocycles. The number of rotatable bonds is 34. The normalized spacial score (nSPS) is 13.7. The van der Waals surface area contributed by atoms with Gasteiger partial charge in [-0.05, 0) is 85.1 Å². The Bertz CT molecular complexity index is 6430. The number of aromatic nitrogens is 8. The zero-order valence-electron chi connectivity index (χ0n) is 83.5. The maximum Gasteiger partial charge on any atom is 0.570 e. The molecular formula is C99H121BCl2N15O23Si2. The molecule has 14 heterocycles.